The predicted octanol–water partition coefficient (Wildman–Crippen LogP) is 2.93. The van der Waals surface area contributed by atoms with Crippen LogP contribution < -0.4 is 0 Å². The van der Waals surface area contributed by atoms with Gasteiger partial charge in [0.15, 0.2) is 17.4 Å². The van der Waals surface area contributed by atoms with E-state index in [-0.39, 0.29) is 5.56 Å². The molecule has 2 atom stereocenters. The van der Waals surface area contributed by atoms with E-state index in [2.05, 4.69) is 5.92 Å². The van der Waals surface area contributed by atoms with Crippen LogP contribution >= 0.6 is 0 Å². The fourth-order valence-electron chi connectivity index (χ4n) is 2.00. The van der Waals surface area contributed by atoms with Crippen molar-refractivity contribution in [2.45, 2.75) is 12.0 Å². The van der Waals surface area contributed by atoms with Crippen molar-refractivity contribution in [1.29, 1.82) is 0 Å². The normalized spacial score (nSPS) is 13.2. The second kappa shape index (κ2) is 6.29. The minimum Gasteiger partial charge on any atom is -0.383 e. The first kappa shape index (κ1) is 14.9. The molecule has 106 valence electrons. The Morgan fingerprint density at radius 2 is 1.76 bits per heavy atom. The molecule has 4 heteroatoms. The first-order valence-electron chi connectivity index (χ1n) is 6.23. The quantitative estimate of drug-likeness (QED) is 0.693. The molecule has 21 heavy (non-hydrogen) atoms. The van der Waals surface area contributed by atoms with Gasteiger partial charge in [0.2, 0.25) is 0 Å². The highest BCUT2D eigenvalue weighted by molar-refractivity contribution is 6.00. The van der Waals surface area contributed by atoms with Crippen LogP contribution in [-0.2, 0) is 0 Å². The van der Waals surface area contributed by atoms with Crippen molar-refractivity contribution in [3.8, 4) is 12.3 Å². The van der Waals surface area contributed by atoms with Crippen molar-refractivity contribution < 1.29 is 18.7 Å². The Bertz CT molecular complexity index is 690. The number of halogens is 2. The molecule has 0 radical (unpaired) electrons. The highest BCUT2D eigenvalue weighted by atomic mass is 19.2. The minimum absolute atomic E-state index is 0.127. The zero-order valence-corrected chi connectivity index (χ0v) is 11.0. The first-order valence-corrected chi connectivity index (χ1v) is 6.23. The lowest BCUT2D eigenvalue weighted by atomic mass is 9.89. The Kier molecular flexibility index (Phi) is 4.46. The monoisotopic (exact) mass is 286 g/mol. The molecule has 2 nitrogen and oxygen atoms in total. The lowest BCUT2D eigenvalue weighted by molar-refractivity contribution is 0.0725. The summed E-state index contributed by atoms with van der Waals surface area (Å²) in [6.45, 7) is 0. The molecule has 0 saturated carbocycles. The second-order valence-corrected chi connectivity index (χ2v) is 4.49. The van der Waals surface area contributed by atoms with E-state index < -0.39 is 29.4 Å². The zero-order chi connectivity index (χ0) is 15.4. The highest BCUT2D eigenvalue weighted by Gasteiger charge is 2.27. The summed E-state index contributed by atoms with van der Waals surface area (Å²) in [5.74, 6) is -1.45. The molecule has 0 aliphatic carbocycles. The molecule has 0 unspecified atom stereocenters. The van der Waals surface area contributed by atoms with Crippen LogP contribution in [0.5, 0.6) is 0 Å². The average molecular weight is 286 g/mol. The summed E-state index contributed by atoms with van der Waals surface area (Å²) < 4.78 is 26.0. The third kappa shape index (κ3) is 3.15. The van der Waals surface area contributed by atoms with E-state index in [1.807, 2.05) is 0 Å². The SMILES string of the molecule is C#C[C@H](c1ccccc1)[C@H](O)C(=O)c1ccc(F)c(F)c1. The van der Waals surface area contributed by atoms with E-state index in [1.165, 1.54) is 0 Å². The Morgan fingerprint density at radius 3 is 2.33 bits per heavy atom. The van der Waals surface area contributed by atoms with Crippen molar-refractivity contribution in [3.63, 3.8) is 0 Å². The van der Waals surface area contributed by atoms with Gasteiger partial charge in [-0.3, -0.25) is 4.79 Å². The number of benzene rings is 2. The number of carbonyl (C=O) groups excluding carboxylic acids is 1. The number of ketones is 1. The molecular weight excluding hydrogens is 274 g/mol. The maximum absolute atomic E-state index is 13.2. The van der Waals surface area contributed by atoms with Gasteiger partial charge in [-0.2, -0.15) is 0 Å². The summed E-state index contributed by atoms with van der Waals surface area (Å²) in [4.78, 5) is 12.1. The van der Waals surface area contributed by atoms with E-state index >= 15 is 0 Å². The highest BCUT2D eigenvalue weighted by Crippen LogP contribution is 2.22. The van der Waals surface area contributed by atoms with Crippen LogP contribution in [0.4, 0.5) is 8.78 Å². The van der Waals surface area contributed by atoms with Crippen molar-refractivity contribution in [2.24, 2.45) is 0 Å². The van der Waals surface area contributed by atoms with Crippen LogP contribution in [0.15, 0.2) is 48.5 Å². The summed E-state index contributed by atoms with van der Waals surface area (Å²) in [7, 11) is 0. The molecule has 0 aromatic heterocycles. The third-order valence-electron chi connectivity index (χ3n) is 3.13. The molecule has 0 aliphatic heterocycles. The van der Waals surface area contributed by atoms with Crippen LogP contribution in [0.2, 0.25) is 0 Å². The van der Waals surface area contributed by atoms with E-state index in [0.717, 1.165) is 18.2 Å². The maximum atomic E-state index is 13.2. The molecule has 2 rings (SSSR count). The summed E-state index contributed by atoms with van der Waals surface area (Å²) >= 11 is 0. The van der Waals surface area contributed by atoms with Gasteiger partial charge < -0.3 is 5.11 Å². The van der Waals surface area contributed by atoms with Crippen molar-refractivity contribution in [2.75, 3.05) is 0 Å². The van der Waals surface area contributed by atoms with Crippen molar-refractivity contribution in [1.82, 2.24) is 0 Å². The molecule has 0 amide bonds. The van der Waals surface area contributed by atoms with Crippen LogP contribution in [0.3, 0.4) is 0 Å². The number of terminal acetylenes is 1. The molecular formula is C17H12F2O2. The zero-order valence-electron chi connectivity index (χ0n) is 11.0. The summed E-state index contributed by atoms with van der Waals surface area (Å²) in [5, 5.41) is 10.1. The molecule has 0 spiro atoms. The predicted molar refractivity (Wildman–Crippen MR) is 74.7 cm³/mol. The first-order chi connectivity index (χ1) is 10.0. The lowest BCUT2D eigenvalue weighted by Crippen LogP contribution is -2.27. The molecule has 1 N–H and O–H groups in total. The number of rotatable bonds is 4. The molecule has 2 aromatic carbocycles. The molecule has 0 saturated heterocycles. The van der Waals surface area contributed by atoms with Gasteiger partial charge in [-0.25, -0.2) is 8.78 Å². The summed E-state index contributed by atoms with van der Waals surface area (Å²) in [5.41, 5.74) is 0.473. The number of aliphatic hydroxyl groups is 1. The Morgan fingerprint density at radius 1 is 1.10 bits per heavy atom. The van der Waals surface area contributed by atoms with E-state index in [1.54, 1.807) is 30.3 Å². The lowest BCUT2D eigenvalue weighted by Gasteiger charge is -2.17. The van der Waals surface area contributed by atoms with Crippen LogP contribution in [0, 0.1) is 24.0 Å². The van der Waals surface area contributed by atoms with Gasteiger partial charge in [0, 0.05) is 5.56 Å². The van der Waals surface area contributed by atoms with Crippen LogP contribution in [0.1, 0.15) is 21.8 Å². The Hall–Kier alpha value is -2.51. The van der Waals surface area contributed by atoms with Gasteiger partial charge in [0.05, 0.1) is 5.92 Å². The van der Waals surface area contributed by atoms with Gasteiger partial charge in [-0.15, -0.1) is 6.42 Å². The minimum atomic E-state index is -1.53. The molecule has 2 aromatic rings. The van der Waals surface area contributed by atoms with Crippen LogP contribution in [-0.4, -0.2) is 17.0 Å². The Balaban J connectivity index is 2.29. The molecule has 0 aliphatic rings. The number of hydrogen-bond acceptors (Lipinski definition) is 2. The largest absolute Gasteiger partial charge is 0.383 e. The number of Topliss-reactive ketones (excluding diaryl/α,β-unsaturated/α-hetero) is 1. The van der Waals surface area contributed by atoms with E-state index in [4.69, 9.17) is 6.42 Å². The molecule has 0 fully saturated rings. The smallest absolute Gasteiger partial charge is 0.192 e. The summed E-state index contributed by atoms with van der Waals surface area (Å²) in [6, 6.07) is 11.3. The second-order valence-electron chi connectivity index (χ2n) is 4.49. The van der Waals surface area contributed by atoms with Crippen LogP contribution in [0.25, 0.3) is 0 Å². The van der Waals surface area contributed by atoms with Gasteiger partial charge in [-0.05, 0) is 23.8 Å². The van der Waals surface area contributed by atoms with Gasteiger partial charge in [-0.1, -0.05) is 36.3 Å². The van der Waals surface area contributed by atoms with E-state index in [9.17, 15) is 18.7 Å². The molecule has 0 heterocycles. The standard InChI is InChI=1S/C17H12F2O2/c1-2-13(11-6-4-3-5-7-11)17(21)16(20)12-8-9-14(18)15(19)10-12/h1,3-10,13,17,21H/t13-,17+/m1/s1. The van der Waals surface area contributed by atoms with Crippen molar-refractivity contribution in [3.05, 3.63) is 71.3 Å². The fraction of sp³-hybridized carbons (Fsp3) is 0.118. The molecule has 0 bridgehead atoms. The number of aliphatic hydroxyl groups excluding tert-OH is 1. The maximum Gasteiger partial charge on any atom is 0.192 e. The van der Waals surface area contributed by atoms with Gasteiger partial charge >= 0.3 is 0 Å². The van der Waals surface area contributed by atoms with E-state index in [0.29, 0.717) is 5.56 Å². The number of carbonyl (C=O) groups is 1. The topological polar surface area (TPSA) is 37.3 Å². The van der Waals surface area contributed by atoms with Gasteiger partial charge in [0.25, 0.3) is 0 Å². The Labute approximate surface area is 121 Å². The average Bonchev–Trinajstić information content (AvgIpc) is 2.51. The van der Waals surface area contributed by atoms with Gasteiger partial charge in [0.1, 0.15) is 6.10 Å². The van der Waals surface area contributed by atoms with Crippen molar-refractivity contribution >= 4 is 5.78 Å². The fourth-order valence-corrected chi connectivity index (χ4v) is 2.00. The summed E-state index contributed by atoms with van der Waals surface area (Å²) in [6.07, 6.45) is 3.85. The third-order valence-corrected chi connectivity index (χ3v) is 3.13. The number of hydrogen-bond donors (Lipinski definition) is 1.